The van der Waals surface area contributed by atoms with Gasteiger partial charge >= 0.3 is 5.97 Å². The number of carboxylic acid groups (broad SMARTS) is 1. The van der Waals surface area contributed by atoms with E-state index >= 15 is 0 Å². The Kier molecular flexibility index (Phi) is 5.10. The largest absolute Gasteiger partial charge is 0.481 e. The first-order valence-corrected chi connectivity index (χ1v) is 10.5. The molecule has 140 valence electrons. The molecule has 2 heterocycles. The first-order valence-electron chi connectivity index (χ1n) is 9.09. The van der Waals surface area contributed by atoms with E-state index in [4.69, 9.17) is 5.11 Å². The molecule has 1 N–H and O–H groups in total. The summed E-state index contributed by atoms with van der Waals surface area (Å²) in [4.78, 5) is 25.7. The van der Waals surface area contributed by atoms with Gasteiger partial charge in [0.1, 0.15) is 0 Å². The average molecular weight is 400 g/mol. The third-order valence-corrected chi connectivity index (χ3v) is 6.93. The fourth-order valence-electron chi connectivity index (χ4n) is 3.83. The van der Waals surface area contributed by atoms with Crippen LogP contribution in [-0.2, 0) is 16.0 Å². The summed E-state index contributed by atoms with van der Waals surface area (Å²) in [7, 11) is 0. The molecule has 4 rings (SSSR count). The molecule has 3 aromatic rings. The summed E-state index contributed by atoms with van der Waals surface area (Å²) in [5.41, 5.74) is 1.12. The molecule has 2 aromatic carbocycles. The molecule has 0 radical (unpaired) electrons. The van der Waals surface area contributed by atoms with Gasteiger partial charge < -0.3 is 10.0 Å². The van der Waals surface area contributed by atoms with Crippen LogP contribution < -0.4 is 0 Å². The molecule has 1 saturated heterocycles. The van der Waals surface area contributed by atoms with Crippen molar-refractivity contribution in [3.63, 3.8) is 0 Å². The molecule has 1 aliphatic heterocycles. The van der Waals surface area contributed by atoms with Gasteiger partial charge in [0.2, 0.25) is 5.91 Å². The fourth-order valence-corrected chi connectivity index (χ4v) is 5.21. The lowest BCUT2D eigenvalue weighted by molar-refractivity contribution is -0.141. The zero-order chi connectivity index (χ0) is 19.0. The van der Waals surface area contributed by atoms with Crippen molar-refractivity contribution in [1.29, 1.82) is 0 Å². The topological polar surface area (TPSA) is 57.6 Å². The second-order valence-corrected chi connectivity index (χ2v) is 8.57. The van der Waals surface area contributed by atoms with E-state index in [1.165, 1.54) is 20.2 Å². The minimum atomic E-state index is -0.817. The van der Waals surface area contributed by atoms with Crippen LogP contribution in [0.1, 0.15) is 12.0 Å². The number of amides is 1. The maximum absolute atomic E-state index is 12.9. The van der Waals surface area contributed by atoms with Crippen molar-refractivity contribution in [1.82, 2.24) is 4.90 Å². The molecule has 27 heavy (non-hydrogen) atoms. The average Bonchev–Trinajstić information content (AvgIpc) is 3.30. The van der Waals surface area contributed by atoms with Crippen molar-refractivity contribution >= 4 is 56.0 Å². The zero-order valence-electron chi connectivity index (χ0n) is 14.8. The zero-order valence-corrected chi connectivity index (χ0v) is 16.5. The molecule has 1 fully saturated rings. The predicted octanol–water partition coefficient (Wildman–Crippen LogP) is 4.08. The SMILES string of the molecule is O=C(O)[C@@H]1CCN(C(=O)C(CS)Cc2ccc3sc4ccccc4c3c2)C1. The lowest BCUT2D eigenvalue weighted by atomic mass is 9.98. The number of hydrogen-bond acceptors (Lipinski definition) is 4. The predicted molar refractivity (Wildman–Crippen MR) is 113 cm³/mol. The number of carboxylic acids is 1. The smallest absolute Gasteiger partial charge is 0.308 e. The second kappa shape index (κ2) is 7.52. The van der Waals surface area contributed by atoms with E-state index in [1.807, 2.05) is 6.07 Å². The number of carbonyl (C=O) groups excluding carboxylic acids is 1. The summed E-state index contributed by atoms with van der Waals surface area (Å²) in [6.45, 7) is 0.834. The van der Waals surface area contributed by atoms with Gasteiger partial charge in [-0.15, -0.1) is 11.3 Å². The van der Waals surface area contributed by atoms with Crippen molar-refractivity contribution in [3.05, 3.63) is 48.0 Å². The fraction of sp³-hybridized carbons (Fsp3) is 0.333. The van der Waals surface area contributed by atoms with Gasteiger partial charge in [0, 0.05) is 39.0 Å². The summed E-state index contributed by atoms with van der Waals surface area (Å²) in [6, 6.07) is 14.8. The monoisotopic (exact) mass is 399 g/mol. The third kappa shape index (κ3) is 3.56. The maximum Gasteiger partial charge on any atom is 0.308 e. The number of nitrogens with zero attached hydrogens (tertiary/aromatic N) is 1. The van der Waals surface area contributed by atoms with E-state index in [2.05, 4.69) is 49.0 Å². The highest BCUT2D eigenvalue weighted by atomic mass is 32.1. The molecule has 0 aliphatic carbocycles. The molecule has 1 aliphatic rings. The molecule has 4 nitrogen and oxygen atoms in total. The Hall–Kier alpha value is -2.05. The number of aliphatic carboxylic acids is 1. The van der Waals surface area contributed by atoms with Crippen molar-refractivity contribution < 1.29 is 14.7 Å². The summed E-state index contributed by atoms with van der Waals surface area (Å²) < 4.78 is 2.51. The normalized spacial score (nSPS) is 18.3. The molecule has 0 saturated carbocycles. The summed E-state index contributed by atoms with van der Waals surface area (Å²) >= 11 is 6.18. The van der Waals surface area contributed by atoms with Gasteiger partial charge in [-0.3, -0.25) is 9.59 Å². The van der Waals surface area contributed by atoms with Gasteiger partial charge in [0.15, 0.2) is 0 Å². The van der Waals surface area contributed by atoms with Crippen LogP contribution in [0.4, 0.5) is 0 Å². The maximum atomic E-state index is 12.9. The molecule has 6 heteroatoms. The van der Waals surface area contributed by atoms with Crippen molar-refractivity contribution in [2.75, 3.05) is 18.8 Å². The van der Waals surface area contributed by atoms with Crippen LogP contribution in [0.3, 0.4) is 0 Å². The van der Waals surface area contributed by atoms with Gasteiger partial charge in [-0.25, -0.2) is 0 Å². The van der Waals surface area contributed by atoms with E-state index in [0.717, 1.165) is 5.56 Å². The highest BCUT2D eigenvalue weighted by Gasteiger charge is 2.33. The number of thiol groups is 1. The first-order chi connectivity index (χ1) is 13.1. The van der Waals surface area contributed by atoms with Gasteiger partial charge in [0.05, 0.1) is 11.8 Å². The minimum Gasteiger partial charge on any atom is -0.481 e. The van der Waals surface area contributed by atoms with E-state index < -0.39 is 11.9 Å². The third-order valence-electron chi connectivity index (χ3n) is 5.34. The van der Waals surface area contributed by atoms with Gasteiger partial charge in [-0.1, -0.05) is 24.3 Å². The number of hydrogen-bond donors (Lipinski definition) is 2. The Morgan fingerprint density at radius 2 is 1.96 bits per heavy atom. The van der Waals surface area contributed by atoms with Gasteiger partial charge in [0.25, 0.3) is 0 Å². The van der Waals surface area contributed by atoms with E-state index in [0.29, 0.717) is 31.7 Å². The first kappa shape index (κ1) is 18.3. The van der Waals surface area contributed by atoms with Crippen LogP contribution in [0.15, 0.2) is 42.5 Å². The number of carbonyl (C=O) groups is 2. The van der Waals surface area contributed by atoms with E-state index in [1.54, 1.807) is 16.2 Å². The standard InChI is InChI=1S/C21H21NO3S2/c23-20(22-8-7-14(11-22)21(24)25)15(12-26)9-13-5-6-19-17(10-13)16-3-1-2-4-18(16)27-19/h1-6,10,14-15,26H,7-9,11-12H2,(H,24,25)/t14-,15?/m1/s1. The Morgan fingerprint density at radius 3 is 2.70 bits per heavy atom. The van der Waals surface area contributed by atoms with Gasteiger partial charge in [-0.2, -0.15) is 12.6 Å². The molecule has 0 bridgehead atoms. The summed E-state index contributed by atoms with van der Waals surface area (Å²) in [5.74, 6) is -1.02. The van der Waals surface area contributed by atoms with Crippen LogP contribution in [0.5, 0.6) is 0 Å². The highest BCUT2D eigenvalue weighted by molar-refractivity contribution is 7.80. The highest BCUT2D eigenvalue weighted by Crippen LogP contribution is 2.34. The Bertz CT molecular complexity index is 1010. The Morgan fingerprint density at radius 1 is 1.19 bits per heavy atom. The van der Waals surface area contributed by atoms with Crippen molar-refractivity contribution in [2.24, 2.45) is 11.8 Å². The quantitative estimate of drug-likeness (QED) is 0.636. The molecule has 2 atom stereocenters. The second-order valence-electron chi connectivity index (χ2n) is 7.12. The number of fused-ring (bicyclic) bond motifs is 3. The molecular formula is C21H21NO3S2. The van der Waals surface area contributed by atoms with Crippen molar-refractivity contribution in [3.8, 4) is 0 Å². The minimum absolute atomic E-state index is 0.0176. The molecule has 0 spiro atoms. The van der Waals surface area contributed by atoms with E-state index in [-0.39, 0.29) is 11.8 Å². The Labute approximate surface area is 167 Å². The van der Waals surface area contributed by atoms with Crippen molar-refractivity contribution in [2.45, 2.75) is 12.8 Å². The van der Waals surface area contributed by atoms with Crippen LogP contribution >= 0.6 is 24.0 Å². The molecule has 1 amide bonds. The lowest BCUT2D eigenvalue weighted by Crippen LogP contribution is -2.36. The Balaban J connectivity index is 1.55. The lowest BCUT2D eigenvalue weighted by Gasteiger charge is -2.22. The van der Waals surface area contributed by atoms with Crippen LogP contribution in [0.2, 0.25) is 0 Å². The number of benzene rings is 2. The van der Waals surface area contributed by atoms with Crippen LogP contribution in [-0.4, -0.2) is 40.7 Å². The van der Waals surface area contributed by atoms with Crippen LogP contribution in [0.25, 0.3) is 20.2 Å². The summed E-state index contributed by atoms with van der Waals surface area (Å²) in [6.07, 6.45) is 1.16. The molecule has 1 unspecified atom stereocenters. The molecule has 1 aromatic heterocycles. The van der Waals surface area contributed by atoms with E-state index in [9.17, 15) is 9.59 Å². The molecular weight excluding hydrogens is 378 g/mol. The van der Waals surface area contributed by atoms with Gasteiger partial charge in [-0.05, 0) is 36.6 Å². The van der Waals surface area contributed by atoms with Crippen LogP contribution in [0, 0.1) is 11.8 Å². The number of likely N-dealkylation sites (tertiary alicyclic amines) is 1. The number of thiophene rings is 1. The summed E-state index contributed by atoms with van der Waals surface area (Å²) in [5, 5.41) is 11.6. The number of rotatable bonds is 5.